The molecule has 0 unspecified atom stereocenters. The van der Waals surface area contributed by atoms with Gasteiger partial charge in [-0.15, -0.1) is 0 Å². The molecule has 0 spiro atoms. The molecule has 0 aliphatic carbocycles. The molecule has 0 saturated heterocycles. The van der Waals surface area contributed by atoms with Gasteiger partial charge in [0.05, 0.1) is 29.9 Å². The molecule has 1 aromatic carbocycles. The highest BCUT2D eigenvalue weighted by Gasteiger charge is 2.28. The summed E-state index contributed by atoms with van der Waals surface area (Å²) in [6.45, 7) is 0.418. The van der Waals surface area contributed by atoms with Crippen LogP contribution in [0.3, 0.4) is 0 Å². The number of benzene rings is 1. The Bertz CT molecular complexity index is 795. The van der Waals surface area contributed by atoms with Crippen LogP contribution in [0, 0.1) is 32.8 Å². The van der Waals surface area contributed by atoms with Gasteiger partial charge in [0.1, 0.15) is 12.1 Å². The number of nitro groups is 1. The molecule has 2 aromatic rings. The van der Waals surface area contributed by atoms with Gasteiger partial charge < -0.3 is 9.64 Å². The second-order valence-corrected chi connectivity index (χ2v) is 4.83. The van der Waals surface area contributed by atoms with Gasteiger partial charge in [-0.1, -0.05) is 18.2 Å². The maximum Gasteiger partial charge on any atom is 0.373 e. The highest BCUT2D eigenvalue weighted by Crippen LogP contribution is 2.36. The number of nitrogens with zero attached hydrogens (tertiary/aromatic N) is 6. The maximum absolute atomic E-state index is 11.6. The van der Waals surface area contributed by atoms with Crippen LogP contribution in [0.2, 0.25) is 0 Å². The molecule has 0 atom stereocenters. The fourth-order valence-electron chi connectivity index (χ4n) is 2.11. The third-order valence-electron chi connectivity index (χ3n) is 3.20. The molecule has 1 aromatic heterocycles. The average Bonchev–Trinajstić information content (AvgIpc) is 2.62. The van der Waals surface area contributed by atoms with E-state index >= 15 is 0 Å². The van der Waals surface area contributed by atoms with Crippen LogP contribution in [0.15, 0.2) is 36.7 Å². The normalized spacial score (nSPS) is 9.68. The number of nitriles is 2. The van der Waals surface area contributed by atoms with Gasteiger partial charge in [0.2, 0.25) is 5.82 Å². The zero-order valence-corrected chi connectivity index (χ0v) is 13.2. The predicted octanol–water partition coefficient (Wildman–Crippen LogP) is 2.81. The van der Waals surface area contributed by atoms with Gasteiger partial charge in [0.25, 0.3) is 0 Å². The third kappa shape index (κ3) is 4.62. The van der Waals surface area contributed by atoms with E-state index in [1.807, 2.05) is 12.1 Å². The summed E-state index contributed by atoms with van der Waals surface area (Å²) in [5.74, 6) is 0.229. The van der Waals surface area contributed by atoms with Crippen LogP contribution >= 0.6 is 0 Å². The molecule has 9 heteroatoms. The van der Waals surface area contributed by atoms with Crippen molar-refractivity contribution in [1.29, 1.82) is 10.5 Å². The van der Waals surface area contributed by atoms with Gasteiger partial charge in [0, 0.05) is 13.1 Å². The van der Waals surface area contributed by atoms with E-state index in [2.05, 4.69) is 9.97 Å². The molecule has 25 heavy (non-hydrogen) atoms. The van der Waals surface area contributed by atoms with Crippen molar-refractivity contribution in [3.63, 3.8) is 0 Å². The summed E-state index contributed by atoms with van der Waals surface area (Å²) in [5, 5.41) is 29.1. The van der Waals surface area contributed by atoms with Crippen molar-refractivity contribution < 1.29 is 9.66 Å². The number of ether oxygens (including phenoxy) is 1. The number of hydrogen-bond acceptors (Lipinski definition) is 8. The third-order valence-corrected chi connectivity index (χ3v) is 3.20. The standard InChI is InChI=1S/C16H14N6O3/c17-8-4-10-21(11-5-9-18)15-14(22(23)24)16(20-12-19-15)25-13-6-2-1-3-7-13/h1-3,6-7,12H,4-5,10-11H2. The van der Waals surface area contributed by atoms with Crippen LogP contribution in [-0.4, -0.2) is 28.0 Å². The van der Waals surface area contributed by atoms with E-state index < -0.39 is 10.6 Å². The van der Waals surface area contributed by atoms with E-state index in [4.69, 9.17) is 15.3 Å². The lowest BCUT2D eigenvalue weighted by molar-refractivity contribution is -0.385. The van der Waals surface area contributed by atoms with Crippen molar-refractivity contribution in [2.24, 2.45) is 0 Å². The van der Waals surface area contributed by atoms with E-state index in [1.165, 1.54) is 4.90 Å². The molecule has 0 radical (unpaired) electrons. The van der Waals surface area contributed by atoms with Crippen molar-refractivity contribution in [3.05, 3.63) is 46.8 Å². The van der Waals surface area contributed by atoms with Gasteiger partial charge in [0.15, 0.2) is 0 Å². The maximum atomic E-state index is 11.6. The number of para-hydroxylation sites is 1. The Kier molecular flexibility index (Phi) is 6.20. The monoisotopic (exact) mass is 338 g/mol. The molecule has 0 amide bonds. The molecular weight excluding hydrogens is 324 g/mol. The number of anilines is 1. The Morgan fingerprint density at radius 1 is 1.12 bits per heavy atom. The highest BCUT2D eigenvalue weighted by atomic mass is 16.6. The minimum atomic E-state index is -0.626. The largest absolute Gasteiger partial charge is 0.434 e. The van der Waals surface area contributed by atoms with Crippen molar-refractivity contribution in [2.45, 2.75) is 12.8 Å². The number of hydrogen-bond donors (Lipinski definition) is 0. The summed E-state index contributed by atoms with van der Waals surface area (Å²) >= 11 is 0. The summed E-state index contributed by atoms with van der Waals surface area (Å²) in [6.07, 6.45) is 1.44. The Morgan fingerprint density at radius 3 is 2.32 bits per heavy atom. The second-order valence-electron chi connectivity index (χ2n) is 4.83. The molecule has 126 valence electrons. The smallest absolute Gasteiger partial charge is 0.373 e. The van der Waals surface area contributed by atoms with E-state index in [1.54, 1.807) is 30.3 Å². The Morgan fingerprint density at radius 2 is 1.76 bits per heavy atom. The van der Waals surface area contributed by atoms with Gasteiger partial charge >= 0.3 is 11.6 Å². The summed E-state index contributed by atoms with van der Waals surface area (Å²) in [6, 6.07) is 12.5. The topological polar surface area (TPSA) is 129 Å². The summed E-state index contributed by atoms with van der Waals surface area (Å²) in [5.41, 5.74) is -0.401. The Balaban J connectivity index is 2.42. The van der Waals surface area contributed by atoms with E-state index in [0.717, 1.165) is 6.33 Å². The molecule has 0 aliphatic rings. The average molecular weight is 338 g/mol. The zero-order chi connectivity index (χ0) is 18.1. The fourth-order valence-corrected chi connectivity index (χ4v) is 2.11. The van der Waals surface area contributed by atoms with E-state index in [-0.39, 0.29) is 37.6 Å². The van der Waals surface area contributed by atoms with Crippen molar-refractivity contribution in [3.8, 4) is 23.8 Å². The first-order valence-corrected chi connectivity index (χ1v) is 7.38. The quantitative estimate of drug-likeness (QED) is 0.530. The van der Waals surface area contributed by atoms with Gasteiger partial charge in [-0.3, -0.25) is 10.1 Å². The van der Waals surface area contributed by atoms with Crippen molar-refractivity contribution >= 4 is 11.5 Å². The van der Waals surface area contributed by atoms with Crippen LogP contribution in [0.4, 0.5) is 11.5 Å². The van der Waals surface area contributed by atoms with Crippen LogP contribution in [0.25, 0.3) is 0 Å². The lowest BCUT2D eigenvalue weighted by atomic mass is 10.3. The van der Waals surface area contributed by atoms with Crippen molar-refractivity contribution in [2.75, 3.05) is 18.0 Å². The first kappa shape index (κ1) is 17.6. The van der Waals surface area contributed by atoms with Gasteiger partial charge in [-0.25, -0.2) is 4.98 Å². The first-order chi connectivity index (χ1) is 12.2. The van der Waals surface area contributed by atoms with Gasteiger partial charge in [-0.05, 0) is 12.1 Å². The number of aromatic nitrogens is 2. The molecular formula is C16H14N6O3. The second kappa shape index (κ2) is 8.79. The molecule has 1 heterocycles. The Labute approximate surface area is 143 Å². The molecule has 0 N–H and O–H groups in total. The van der Waals surface area contributed by atoms with Gasteiger partial charge in [-0.2, -0.15) is 15.5 Å². The van der Waals surface area contributed by atoms with Crippen LogP contribution in [0.1, 0.15) is 12.8 Å². The first-order valence-electron chi connectivity index (χ1n) is 7.38. The molecule has 0 fully saturated rings. The van der Waals surface area contributed by atoms with E-state index in [0.29, 0.717) is 5.75 Å². The molecule has 0 aliphatic heterocycles. The minimum Gasteiger partial charge on any atom is -0.434 e. The molecule has 0 saturated carbocycles. The summed E-state index contributed by atoms with van der Waals surface area (Å²) in [7, 11) is 0. The van der Waals surface area contributed by atoms with Crippen LogP contribution in [0.5, 0.6) is 11.6 Å². The van der Waals surface area contributed by atoms with Crippen LogP contribution < -0.4 is 9.64 Å². The summed E-state index contributed by atoms with van der Waals surface area (Å²) in [4.78, 5) is 20.3. The fraction of sp³-hybridized carbons (Fsp3) is 0.250. The zero-order valence-electron chi connectivity index (χ0n) is 13.2. The Hall–Kier alpha value is -3.72. The van der Waals surface area contributed by atoms with Crippen molar-refractivity contribution in [1.82, 2.24) is 9.97 Å². The summed E-state index contributed by atoms with van der Waals surface area (Å²) < 4.78 is 5.52. The molecule has 9 nitrogen and oxygen atoms in total. The minimum absolute atomic E-state index is 0.0245. The van der Waals surface area contributed by atoms with E-state index in [9.17, 15) is 10.1 Å². The highest BCUT2D eigenvalue weighted by molar-refractivity contribution is 5.63. The molecule has 2 rings (SSSR count). The lowest BCUT2D eigenvalue weighted by Crippen LogP contribution is -2.27. The predicted molar refractivity (Wildman–Crippen MR) is 87.9 cm³/mol. The number of rotatable bonds is 8. The SMILES string of the molecule is N#CCCN(CCC#N)c1ncnc(Oc2ccccc2)c1[N+](=O)[O-]. The lowest BCUT2D eigenvalue weighted by Gasteiger charge is -2.21. The van der Waals surface area contributed by atoms with Crippen LogP contribution in [-0.2, 0) is 0 Å². The molecule has 0 bridgehead atoms.